The van der Waals surface area contributed by atoms with Crippen molar-refractivity contribution in [3.8, 4) is 0 Å². The molecule has 1 unspecified atom stereocenters. The number of piperidine rings is 1. The summed E-state index contributed by atoms with van der Waals surface area (Å²) in [6.07, 6.45) is 5.43. The average molecular weight is 366 g/mol. The molecular formula is C20H39N5O. The van der Waals surface area contributed by atoms with Crippen molar-refractivity contribution in [3.05, 3.63) is 0 Å². The van der Waals surface area contributed by atoms with Gasteiger partial charge in [-0.25, -0.2) is 0 Å². The molecule has 0 bridgehead atoms. The summed E-state index contributed by atoms with van der Waals surface area (Å²) in [5, 5.41) is 3.54. The van der Waals surface area contributed by atoms with Crippen LogP contribution in [0.2, 0.25) is 0 Å². The number of nitrogens with one attached hydrogen (secondary N) is 1. The maximum Gasteiger partial charge on any atom is 0.194 e. The molecule has 0 aromatic heterocycles. The summed E-state index contributed by atoms with van der Waals surface area (Å²) in [6, 6.07) is 0.714. The van der Waals surface area contributed by atoms with Gasteiger partial charge in [0.2, 0.25) is 0 Å². The van der Waals surface area contributed by atoms with Crippen LogP contribution in [0.15, 0.2) is 4.99 Å². The number of rotatable bonds is 5. The Labute approximate surface area is 159 Å². The number of morpholine rings is 1. The first-order chi connectivity index (χ1) is 12.6. The number of likely N-dealkylation sites (tertiary alicyclic amines) is 2. The maximum absolute atomic E-state index is 5.51. The van der Waals surface area contributed by atoms with E-state index in [1.54, 1.807) is 0 Å². The molecular weight excluding hydrogens is 326 g/mol. The van der Waals surface area contributed by atoms with Crippen molar-refractivity contribution < 1.29 is 4.74 Å². The maximum atomic E-state index is 5.51. The number of hydrogen-bond donors (Lipinski definition) is 1. The minimum absolute atomic E-state index is 0.0798. The molecule has 0 radical (unpaired) electrons. The summed E-state index contributed by atoms with van der Waals surface area (Å²) in [6.45, 7) is 17.1. The van der Waals surface area contributed by atoms with Gasteiger partial charge in [0.1, 0.15) is 0 Å². The van der Waals surface area contributed by atoms with Crippen LogP contribution in [0.25, 0.3) is 0 Å². The van der Waals surface area contributed by atoms with Crippen LogP contribution in [0, 0.1) is 0 Å². The molecule has 3 aliphatic rings. The smallest absolute Gasteiger partial charge is 0.194 e. The van der Waals surface area contributed by atoms with Crippen molar-refractivity contribution in [1.29, 1.82) is 0 Å². The predicted molar refractivity (Wildman–Crippen MR) is 108 cm³/mol. The van der Waals surface area contributed by atoms with E-state index in [0.29, 0.717) is 6.04 Å². The average Bonchev–Trinajstić information content (AvgIpc) is 3.16. The van der Waals surface area contributed by atoms with E-state index >= 15 is 0 Å². The second-order valence-electron chi connectivity index (χ2n) is 8.57. The summed E-state index contributed by atoms with van der Waals surface area (Å²) in [4.78, 5) is 12.8. The third kappa shape index (κ3) is 5.11. The molecule has 0 aliphatic carbocycles. The molecule has 0 aromatic carbocycles. The molecule has 0 amide bonds. The van der Waals surface area contributed by atoms with E-state index in [4.69, 9.17) is 9.73 Å². The zero-order chi connectivity index (χ0) is 18.4. The van der Waals surface area contributed by atoms with Gasteiger partial charge in [-0.1, -0.05) is 6.42 Å². The van der Waals surface area contributed by atoms with Crippen molar-refractivity contribution in [2.24, 2.45) is 4.99 Å². The summed E-state index contributed by atoms with van der Waals surface area (Å²) < 4.78 is 5.51. The lowest BCUT2D eigenvalue weighted by Crippen LogP contribution is -2.52. The fourth-order valence-corrected chi connectivity index (χ4v) is 4.48. The minimum Gasteiger partial charge on any atom is -0.379 e. The highest BCUT2D eigenvalue weighted by atomic mass is 16.5. The van der Waals surface area contributed by atoms with Crippen molar-refractivity contribution in [2.45, 2.75) is 58.0 Å². The SMILES string of the molecule is CCNC(=NCC(C)(C)N1CCOCC1)N1CCC(N2CCCCC2)C1. The molecule has 1 N–H and O–H groups in total. The molecule has 0 saturated carbocycles. The van der Waals surface area contributed by atoms with Crippen LogP contribution < -0.4 is 5.32 Å². The fourth-order valence-electron chi connectivity index (χ4n) is 4.48. The van der Waals surface area contributed by atoms with Crippen LogP contribution >= 0.6 is 0 Å². The number of ether oxygens (including phenoxy) is 1. The van der Waals surface area contributed by atoms with Crippen molar-refractivity contribution in [2.75, 3.05) is 65.6 Å². The highest BCUT2D eigenvalue weighted by Gasteiger charge is 2.31. The molecule has 150 valence electrons. The van der Waals surface area contributed by atoms with Gasteiger partial charge in [-0.3, -0.25) is 14.8 Å². The van der Waals surface area contributed by atoms with E-state index in [9.17, 15) is 0 Å². The Kier molecular flexibility index (Phi) is 7.18. The zero-order valence-corrected chi connectivity index (χ0v) is 17.2. The Bertz CT molecular complexity index is 455. The number of hydrogen-bond acceptors (Lipinski definition) is 4. The van der Waals surface area contributed by atoms with Crippen molar-refractivity contribution >= 4 is 5.96 Å². The summed E-state index contributed by atoms with van der Waals surface area (Å²) >= 11 is 0. The molecule has 26 heavy (non-hydrogen) atoms. The minimum atomic E-state index is 0.0798. The molecule has 0 aromatic rings. The van der Waals surface area contributed by atoms with Gasteiger partial charge in [0.25, 0.3) is 0 Å². The molecule has 1 atom stereocenters. The Balaban J connectivity index is 1.58. The van der Waals surface area contributed by atoms with E-state index < -0.39 is 0 Å². The summed E-state index contributed by atoms with van der Waals surface area (Å²) in [5.41, 5.74) is 0.0798. The van der Waals surface area contributed by atoms with Gasteiger partial charge < -0.3 is 15.0 Å². The van der Waals surface area contributed by atoms with Crippen LogP contribution in [-0.4, -0.2) is 97.8 Å². The van der Waals surface area contributed by atoms with E-state index in [-0.39, 0.29) is 5.54 Å². The normalized spacial score (nSPS) is 27.1. The van der Waals surface area contributed by atoms with Gasteiger partial charge in [0, 0.05) is 44.3 Å². The summed E-state index contributed by atoms with van der Waals surface area (Å²) in [7, 11) is 0. The Hall–Kier alpha value is -0.850. The lowest BCUT2D eigenvalue weighted by molar-refractivity contribution is -0.00688. The monoisotopic (exact) mass is 365 g/mol. The molecule has 6 nitrogen and oxygen atoms in total. The molecule has 0 spiro atoms. The van der Waals surface area contributed by atoms with Crippen molar-refractivity contribution in [3.63, 3.8) is 0 Å². The van der Waals surface area contributed by atoms with E-state index in [2.05, 4.69) is 40.8 Å². The van der Waals surface area contributed by atoms with Gasteiger partial charge in [-0.2, -0.15) is 0 Å². The second kappa shape index (κ2) is 9.38. The molecule has 3 heterocycles. The van der Waals surface area contributed by atoms with Crippen LogP contribution in [0.1, 0.15) is 46.5 Å². The molecule has 3 aliphatic heterocycles. The van der Waals surface area contributed by atoms with Gasteiger partial charge in [-0.05, 0) is 53.1 Å². The second-order valence-corrected chi connectivity index (χ2v) is 8.57. The van der Waals surface area contributed by atoms with Gasteiger partial charge in [0.15, 0.2) is 5.96 Å². The van der Waals surface area contributed by atoms with Crippen LogP contribution in [0.4, 0.5) is 0 Å². The topological polar surface area (TPSA) is 43.3 Å². The standard InChI is InChI=1S/C20H39N5O/c1-4-21-19(22-17-20(2,3)25-12-14-26-15-13-25)24-11-8-18(16-24)23-9-6-5-7-10-23/h18H,4-17H2,1-3H3,(H,21,22). The van der Waals surface area contributed by atoms with Gasteiger partial charge in [-0.15, -0.1) is 0 Å². The first-order valence-corrected chi connectivity index (χ1v) is 10.7. The quantitative estimate of drug-likeness (QED) is 0.592. The van der Waals surface area contributed by atoms with E-state index in [1.165, 1.54) is 38.8 Å². The summed E-state index contributed by atoms with van der Waals surface area (Å²) in [5.74, 6) is 1.10. The number of nitrogens with zero attached hydrogens (tertiary/aromatic N) is 4. The van der Waals surface area contributed by atoms with Crippen molar-refractivity contribution in [1.82, 2.24) is 20.0 Å². The molecule has 3 saturated heterocycles. The van der Waals surface area contributed by atoms with E-state index in [0.717, 1.165) is 58.4 Å². The third-order valence-electron chi connectivity index (χ3n) is 6.19. The Morgan fingerprint density at radius 2 is 1.81 bits per heavy atom. The highest BCUT2D eigenvalue weighted by Crippen LogP contribution is 2.21. The first kappa shape index (κ1) is 19.9. The lowest BCUT2D eigenvalue weighted by atomic mass is 10.0. The largest absolute Gasteiger partial charge is 0.379 e. The Morgan fingerprint density at radius 1 is 1.08 bits per heavy atom. The molecule has 6 heteroatoms. The van der Waals surface area contributed by atoms with E-state index in [1.807, 2.05) is 0 Å². The lowest BCUT2D eigenvalue weighted by Gasteiger charge is -2.40. The molecule has 3 rings (SSSR count). The number of aliphatic imine (C=N–C) groups is 1. The predicted octanol–water partition coefficient (Wildman–Crippen LogP) is 1.62. The third-order valence-corrected chi connectivity index (χ3v) is 6.19. The Morgan fingerprint density at radius 3 is 2.50 bits per heavy atom. The first-order valence-electron chi connectivity index (χ1n) is 10.7. The van der Waals surface area contributed by atoms with Crippen LogP contribution in [0.3, 0.4) is 0 Å². The fraction of sp³-hybridized carbons (Fsp3) is 0.950. The van der Waals surface area contributed by atoms with Crippen LogP contribution in [-0.2, 0) is 4.74 Å². The van der Waals surface area contributed by atoms with Crippen LogP contribution in [0.5, 0.6) is 0 Å². The highest BCUT2D eigenvalue weighted by molar-refractivity contribution is 5.80. The zero-order valence-electron chi connectivity index (χ0n) is 17.2. The molecule has 3 fully saturated rings. The number of guanidine groups is 1. The van der Waals surface area contributed by atoms with Gasteiger partial charge in [0.05, 0.1) is 19.8 Å². The van der Waals surface area contributed by atoms with Gasteiger partial charge >= 0.3 is 0 Å².